The lowest BCUT2D eigenvalue weighted by Crippen LogP contribution is -2.46. The van der Waals surface area contributed by atoms with Crippen LogP contribution in [0.15, 0.2) is 0 Å². The van der Waals surface area contributed by atoms with Crippen LogP contribution in [0.5, 0.6) is 0 Å². The normalized spacial score (nSPS) is 21.1. The number of hydrogen-bond acceptors (Lipinski definition) is 4. The number of likely N-dealkylation sites (N-methyl/N-ethyl adjacent to an activating group) is 1. The summed E-state index contributed by atoms with van der Waals surface area (Å²) >= 11 is 0. The van der Waals surface area contributed by atoms with E-state index < -0.39 is 16.0 Å². The number of hydrogen-bond donors (Lipinski definition) is 2. The molecule has 1 saturated heterocycles. The van der Waals surface area contributed by atoms with Crippen LogP contribution in [-0.4, -0.2) is 55.2 Å². The van der Waals surface area contributed by atoms with Crippen LogP contribution in [0, 0.1) is 0 Å². The molecule has 0 aromatic carbocycles. The highest BCUT2D eigenvalue weighted by molar-refractivity contribution is 7.89. The topological polar surface area (TPSA) is 86.7 Å². The molecule has 1 aliphatic heterocycles. The van der Waals surface area contributed by atoms with Crippen LogP contribution in [-0.2, 0) is 14.8 Å². The van der Waals surface area contributed by atoms with Gasteiger partial charge in [0, 0.05) is 19.1 Å². The van der Waals surface area contributed by atoms with E-state index >= 15 is 0 Å². The molecule has 7 heteroatoms. The van der Waals surface area contributed by atoms with Crippen LogP contribution in [0.3, 0.4) is 0 Å². The molecule has 1 rings (SSSR count). The van der Waals surface area contributed by atoms with Crippen molar-refractivity contribution < 1.29 is 18.3 Å². The summed E-state index contributed by atoms with van der Waals surface area (Å²) in [6.07, 6.45) is 2.89. The zero-order valence-electron chi connectivity index (χ0n) is 10.8. The SMILES string of the molecule is CCN(CC1CCCCN1)S(=O)(=O)CCC(=O)O. The molecule has 1 fully saturated rings. The van der Waals surface area contributed by atoms with Crippen molar-refractivity contribution in [1.82, 2.24) is 9.62 Å². The summed E-state index contributed by atoms with van der Waals surface area (Å²) in [5.41, 5.74) is 0. The van der Waals surface area contributed by atoms with E-state index in [1.807, 2.05) is 0 Å². The number of carbonyl (C=O) groups is 1. The molecule has 0 aliphatic carbocycles. The molecule has 1 heterocycles. The average molecular weight is 278 g/mol. The third-order valence-electron chi connectivity index (χ3n) is 3.16. The Morgan fingerprint density at radius 3 is 2.67 bits per heavy atom. The number of aliphatic carboxylic acids is 1. The fraction of sp³-hybridized carbons (Fsp3) is 0.909. The van der Waals surface area contributed by atoms with Gasteiger partial charge in [0.15, 0.2) is 0 Å². The van der Waals surface area contributed by atoms with Crippen LogP contribution < -0.4 is 5.32 Å². The molecule has 0 spiro atoms. The zero-order chi connectivity index (χ0) is 13.6. The fourth-order valence-corrected chi connectivity index (χ4v) is 3.60. The largest absolute Gasteiger partial charge is 0.481 e. The first kappa shape index (κ1) is 15.4. The Bertz CT molecular complexity index is 363. The number of carboxylic acid groups (broad SMARTS) is 1. The minimum Gasteiger partial charge on any atom is -0.481 e. The summed E-state index contributed by atoms with van der Waals surface area (Å²) in [6, 6.07) is 0.193. The zero-order valence-corrected chi connectivity index (χ0v) is 11.6. The smallest absolute Gasteiger partial charge is 0.304 e. The molecule has 106 valence electrons. The van der Waals surface area contributed by atoms with Crippen molar-refractivity contribution in [3.63, 3.8) is 0 Å². The van der Waals surface area contributed by atoms with Gasteiger partial charge in [0.25, 0.3) is 0 Å². The molecular weight excluding hydrogens is 256 g/mol. The van der Waals surface area contributed by atoms with Gasteiger partial charge < -0.3 is 10.4 Å². The maximum atomic E-state index is 12.0. The summed E-state index contributed by atoms with van der Waals surface area (Å²) in [6.45, 7) is 3.54. The third-order valence-corrected chi connectivity index (χ3v) is 5.07. The van der Waals surface area contributed by atoms with Gasteiger partial charge in [-0.1, -0.05) is 13.3 Å². The number of rotatable bonds is 7. The highest BCUT2D eigenvalue weighted by Crippen LogP contribution is 2.11. The second-order valence-corrected chi connectivity index (χ2v) is 6.65. The Hall–Kier alpha value is -0.660. The molecule has 1 aliphatic rings. The summed E-state index contributed by atoms with van der Waals surface area (Å²) in [5.74, 6) is -1.39. The lowest BCUT2D eigenvalue weighted by Gasteiger charge is -2.29. The molecule has 0 aromatic heterocycles. The van der Waals surface area contributed by atoms with E-state index in [-0.39, 0.29) is 18.2 Å². The highest BCUT2D eigenvalue weighted by atomic mass is 32.2. The van der Waals surface area contributed by atoms with E-state index in [1.54, 1.807) is 6.92 Å². The maximum Gasteiger partial charge on any atom is 0.304 e. The molecule has 6 nitrogen and oxygen atoms in total. The fourth-order valence-electron chi connectivity index (χ4n) is 2.11. The predicted octanol–water partition coefficient (Wildman–Crippen LogP) is 0.255. The lowest BCUT2D eigenvalue weighted by molar-refractivity contribution is -0.136. The predicted molar refractivity (Wildman–Crippen MR) is 68.9 cm³/mol. The van der Waals surface area contributed by atoms with E-state index in [0.29, 0.717) is 13.1 Å². The first-order valence-electron chi connectivity index (χ1n) is 6.38. The second kappa shape index (κ2) is 7.06. The molecule has 0 aromatic rings. The standard InChI is InChI=1S/C11H22N2O4S/c1-2-13(9-10-5-3-4-7-12-10)18(16,17)8-6-11(14)15/h10,12H,2-9H2,1H3,(H,14,15). The van der Waals surface area contributed by atoms with Crippen LogP contribution in [0.4, 0.5) is 0 Å². The van der Waals surface area contributed by atoms with E-state index in [9.17, 15) is 13.2 Å². The van der Waals surface area contributed by atoms with Gasteiger partial charge in [-0.25, -0.2) is 12.7 Å². The van der Waals surface area contributed by atoms with Gasteiger partial charge in [-0.2, -0.15) is 0 Å². The number of nitrogens with one attached hydrogen (secondary N) is 1. The van der Waals surface area contributed by atoms with Gasteiger partial charge in [0.05, 0.1) is 12.2 Å². The van der Waals surface area contributed by atoms with E-state index in [2.05, 4.69) is 5.32 Å². The van der Waals surface area contributed by atoms with E-state index in [4.69, 9.17) is 5.11 Å². The quantitative estimate of drug-likeness (QED) is 0.697. The number of piperidine rings is 1. The molecule has 2 N–H and O–H groups in total. The highest BCUT2D eigenvalue weighted by Gasteiger charge is 2.25. The number of carboxylic acids is 1. The van der Waals surface area contributed by atoms with Gasteiger partial charge in [0.1, 0.15) is 0 Å². The van der Waals surface area contributed by atoms with Crippen molar-refractivity contribution >= 4 is 16.0 Å². The van der Waals surface area contributed by atoms with Crippen LogP contribution in [0.25, 0.3) is 0 Å². The second-order valence-electron chi connectivity index (χ2n) is 4.56. The number of sulfonamides is 1. The van der Waals surface area contributed by atoms with Gasteiger partial charge >= 0.3 is 5.97 Å². The monoisotopic (exact) mass is 278 g/mol. The van der Waals surface area contributed by atoms with Gasteiger partial charge in [-0.15, -0.1) is 0 Å². The van der Waals surface area contributed by atoms with Crippen molar-refractivity contribution in [2.75, 3.05) is 25.4 Å². The summed E-state index contributed by atoms with van der Waals surface area (Å²) in [5, 5.41) is 11.9. The Morgan fingerprint density at radius 2 is 2.17 bits per heavy atom. The molecule has 0 radical (unpaired) electrons. The minimum absolute atomic E-state index is 0.193. The molecule has 0 saturated carbocycles. The van der Waals surface area contributed by atoms with Crippen molar-refractivity contribution in [1.29, 1.82) is 0 Å². The van der Waals surface area contributed by atoms with Crippen molar-refractivity contribution in [3.05, 3.63) is 0 Å². The molecule has 18 heavy (non-hydrogen) atoms. The number of nitrogens with zero attached hydrogens (tertiary/aromatic N) is 1. The van der Waals surface area contributed by atoms with E-state index in [0.717, 1.165) is 25.8 Å². The first-order chi connectivity index (χ1) is 8.45. The molecule has 1 unspecified atom stereocenters. The summed E-state index contributed by atoms with van der Waals surface area (Å²) < 4.78 is 25.3. The van der Waals surface area contributed by atoms with Crippen molar-refractivity contribution in [3.8, 4) is 0 Å². The Morgan fingerprint density at radius 1 is 1.44 bits per heavy atom. The minimum atomic E-state index is -3.45. The van der Waals surface area contributed by atoms with Crippen LogP contribution >= 0.6 is 0 Å². The van der Waals surface area contributed by atoms with Gasteiger partial charge in [-0.05, 0) is 19.4 Å². The Balaban J connectivity index is 2.54. The van der Waals surface area contributed by atoms with Gasteiger partial charge in [-0.3, -0.25) is 4.79 Å². The van der Waals surface area contributed by atoms with Crippen molar-refractivity contribution in [2.24, 2.45) is 0 Å². The van der Waals surface area contributed by atoms with Gasteiger partial charge in [0.2, 0.25) is 10.0 Å². The van der Waals surface area contributed by atoms with Crippen LogP contribution in [0.2, 0.25) is 0 Å². The molecule has 0 amide bonds. The summed E-state index contributed by atoms with van der Waals surface area (Å²) in [4.78, 5) is 10.5. The Kier molecular flexibility index (Phi) is 6.04. The molecular formula is C11H22N2O4S. The lowest BCUT2D eigenvalue weighted by atomic mass is 10.1. The van der Waals surface area contributed by atoms with Crippen LogP contribution in [0.1, 0.15) is 32.6 Å². The van der Waals surface area contributed by atoms with Crippen molar-refractivity contribution in [2.45, 2.75) is 38.6 Å². The summed E-state index contributed by atoms with van der Waals surface area (Å²) in [7, 11) is -3.45. The third kappa shape index (κ3) is 4.91. The Labute approximate surface area is 108 Å². The molecule has 0 bridgehead atoms. The first-order valence-corrected chi connectivity index (χ1v) is 7.99. The maximum absolute atomic E-state index is 12.0. The average Bonchev–Trinajstić information content (AvgIpc) is 2.34. The van der Waals surface area contributed by atoms with E-state index in [1.165, 1.54) is 4.31 Å². The molecule has 1 atom stereocenters.